The second-order valence-electron chi connectivity index (χ2n) is 5.36. The molecule has 1 rings (SSSR count). The van der Waals surface area contributed by atoms with Gasteiger partial charge in [-0.3, -0.25) is 0 Å². The van der Waals surface area contributed by atoms with Crippen LogP contribution in [-0.4, -0.2) is 34.5 Å². The van der Waals surface area contributed by atoms with Gasteiger partial charge in [0.25, 0.3) is 0 Å². The zero-order valence-corrected chi connectivity index (χ0v) is 12.9. The maximum Gasteiger partial charge on any atom is 0.126 e. The van der Waals surface area contributed by atoms with Crippen LogP contribution in [0.3, 0.4) is 0 Å². The van der Waals surface area contributed by atoms with E-state index < -0.39 is 0 Å². The highest BCUT2D eigenvalue weighted by atomic mass is 16.5. The van der Waals surface area contributed by atoms with E-state index >= 15 is 0 Å². The number of rotatable bonds is 7. The minimum atomic E-state index is -0.0153. The van der Waals surface area contributed by atoms with E-state index in [0.29, 0.717) is 0 Å². The molecule has 4 heteroatoms. The van der Waals surface area contributed by atoms with Gasteiger partial charge in [-0.25, -0.2) is 0 Å². The van der Waals surface area contributed by atoms with Crippen LogP contribution in [0.4, 0.5) is 0 Å². The molecule has 0 aliphatic rings. The van der Waals surface area contributed by atoms with E-state index in [4.69, 9.17) is 9.47 Å². The molecule has 0 aromatic heterocycles. The number of aryl methyl sites for hydroxylation is 1. The predicted octanol–water partition coefficient (Wildman–Crippen LogP) is 2.06. The number of ether oxygens (including phenoxy) is 2. The molecule has 1 aromatic rings. The molecule has 0 saturated heterocycles. The molecule has 4 nitrogen and oxygen atoms in total. The molecule has 0 heterocycles. The third kappa shape index (κ3) is 3.85. The highest BCUT2D eigenvalue weighted by Gasteiger charge is 2.26. The summed E-state index contributed by atoms with van der Waals surface area (Å²) in [4.78, 5) is 0. The summed E-state index contributed by atoms with van der Waals surface area (Å²) in [6, 6.07) is 4.00. The van der Waals surface area contributed by atoms with Crippen LogP contribution < -0.4 is 20.1 Å². The van der Waals surface area contributed by atoms with E-state index in [1.54, 1.807) is 14.2 Å². The van der Waals surface area contributed by atoms with Crippen LogP contribution in [0, 0.1) is 6.92 Å². The molecule has 108 valence electrons. The molecule has 0 aliphatic carbocycles. The Balaban J connectivity index is 3.09. The maximum absolute atomic E-state index is 5.54. The maximum atomic E-state index is 5.54. The van der Waals surface area contributed by atoms with Crippen molar-refractivity contribution in [1.29, 1.82) is 0 Å². The third-order valence-electron chi connectivity index (χ3n) is 3.27. The molecular weight excluding hydrogens is 240 g/mol. The van der Waals surface area contributed by atoms with E-state index in [0.717, 1.165) is 24.7 Å². The summed E-state index contributed by atoms with van der Waals surface area (Å²) in [5, 5.41) is 6.47. The molecule has 0 atom stereocenters. The average molecular weight is 266 g/mol. The van der Waals surface area contributed by atoms with Gasteiger partial charge in [-0.1, -0.05) is 13.8 Å². The first-order valence-corrected chi connectivity index (χ1v) is 6.54. The number of benzene rings is 1. The second-order valence-corrected chi connectivity index (χ2v) is 5.36. The monoisotopic (exact) mass is 266 g/mol. The predicted molar refractivity (Wildman–Crippen MR) is 79.2 cm³/mol. The molecule has 0 amide bonds. The lowest BCUT2D eigenvalue weighted by Crippen LogP contribution is -2.37. The van der Waals surface area contributed by atoms with Crippen molar-refractivity contribution in [3.63, 3.8) is 0 Å². The summed E-state index contributed by atoms with van der Waals surface area (Å²) in [5.41, 5.74) is 2.39. The topological polar surface area (TPSA) is 42.5 Å². The van der Waals surface area contributed by atoms with Crippen LogP contribution in [0.1, 0.15) is 25.0 Å². The number of nitrogens with one attached hydrogen (secondary N) is 2. The van der Waals surface area contributed by atoms with Crippen LogP contribution in [0.5, 0.6) is 11.5 Å². The van der Waals surface area contributed by atoms with Crippen LogP contribution in [-0.2, 0) is 5.41 Å². The highest BCUT2D eigenvalue weighted by molar-refractivity contribution is 5.50. The molecule has 0 spiro atoms. The molecule has 1 aromatic carbocycles. The Labute approximate surface area is 116 Å². The van der Waals surface area contributed by atoms with Gasteiger partial charge in [0.1, 0.15) is 11.5 Å². The van der Waals surface area contributed by atoms with Crippen molar-refractivity contribution < 1.29 is 9.47 Å². The second kappa shape index (κ2) is 6.78. The Morgan fingerprint density at radius 1 is 1.16 bits per heavy atom. The molecule has 0 saturated carbocycles. The molecule has 0 unspecified atom stereocenters. The quantitative estimate of drug-likeness (QED) is 0.585. The first kappa shape index (κ1) is 15.8. The van der Waals surface area contributed by atoms with E-state index in [1.807, 2.05) is 13.1 Å². The van der Waals surface area contributed by atoms with Gasteiger partial charge in [0, 0.05) is 30.3 Å². The molecule has 0 aliphatic heterocycles. The SMILES string of the molecule is CNCNCC(C)(C)c1c(C)cc(OC)cc1OC. The summed E-state index contributed by atoms with van der Waals surface area (Å²) in [5.74, 6) is 1.71. The summed E-state index contributed by atoms with van der Waals surface area (Å²) < 4.78 is 10.8. The Hall–Kier alpha value is -1.26. The summed E-state index contributed by atoms with van der Waals surface area (Å²) in [6.07, 6.45) is 0. The fourth-order valence-corrected chi connectivity index (χ4v) is 2.46. The Morgan fingerprint density at radius 3 is 2.37 bits per heavy atom. The highest BCUT2D eigenvalue weighted by Crippen LogP contribution is 2.37. The normalized spacial score (nSPS) is 11.5. The molecule has 0 fully saturated rings. The van der Waals surface area contributed by atoms with Crippen LogP contribution in [0.15, 0.2) is 12.1 Å². The van der Waals surface area contributed by atoms with Crippen LogP contribution in [0.25, 0.3) is 0 Å². The smallest absolute Gasteiger partial charge is 0.126 e. The van der Waals surface area contributed by atoms with E-state index in [9.17, 15) is 0 Å². The summed E-state index contributed by atoms with van der Waals surface area (Å²) in [6.45, 7) is 8.19. The Morgan fingerprint density at radius 2 is 1.84 bits per heavy atom. The first-order valence-electron chi connectivity index (χ1n) is 6.54. The van der Waals surface area contributed by atoms with Gasteiger partial charge in [-0.05, 0) is 25.6 Å². The zero-order valence-electron chi connectivity index (χ0n) is 12.9. The van der Waals surface area contributed by atoms with Crippen molar-refractivity contribution in [3.05, 3.63) is 23.3 Å². The fraction of sp³-hybridized carbons (Fsp3) is 0.600. The van der Waals surface area contributed by atoms with Crippen molar-refractivity contribution in [3.8, 4) is 11.5 Å². The molecule has 2 N–H and O–H groups in total. The summed E-state index contributed by atoms with van der Waals surface area (Å²) >= 11 is 0. The standard InChI is InChI=1S/C15H26N2O2/c1-11-7-12(18-5)8-13(19-6)14(11)15(2,3)9-17-10-16-4/h7-8,16-17H,9-10H2,1-6H3. The van der Waals surface area contributed by atoms with E-state index in [-0.39, 0.29) is 5.41 Å². The van der Waals surface area contributed by atoms with Crippen LogP contribution >= 0.6 is 0 Å². The van der Waals surface area contributed by atoms with E-state index in [1.165, 1.54) is 11.1 Å². The van der Waals surface area contributed by atoms with Gasteiger partial charge >= 0.3 is 0 Å². The van der Waals surface area contributed by atoms with Crippen molar-refractivity contribution in [2.75, 3.05) is 34.5 Å². The van der Waals surface area contributed by atoms with Gasteiger partial charge in [0.15, 0.2) is 0 Å². The van der Waals surface area contributed by atoms with Crippen molar-refractivity contribution >= 4 is 0 Å². The molecule has 0 bridgehead atoms. The zero-order chi connectivity index (χ0) is 14.5. The minimum absolute atomic E-state index is 0.0153. The lowest BCUT2D eigenvalue weighted by molar-refractivity contribution is 0.372. The Kier molecular flexibility index (Phi) is 5.63. The fourth-order valence-electron chi connectivity index (χ4n) is 2.46. The largest absolute Gasteiger partial charge is 0.497 e. The van der Waals surface area contributed by atoms with Gasteiger partial charge in [0.05, 0.1) is 14.2 Å². The minimum Gasteiger partial charge on any atom is -0.497 e. The molecular formula is C15H26N2O2. The van der Waals surface area contributed by atoms with E-state index in [2.05, 4.69) is 37.5 Å². The molecule has 19 heavy (non-hydrogen) atoms. The lowest BCUT2D eigenvalue weighted by Gasteiger charge is -2.29. The summed E-state index contributed by atoms with van der Waals surface area (Å²) in [7, 11) is 5.31. The Bertz CT molecular complexity index is 417. The number of methoxy groups -OCH3 is 2. The van der Waals surface area contributed by atoms with Crippen molar-refractivity contribution in [1.82, 2.24) is 10.6 Å². The van der Waals surface area contributed by atoms with Gasteiger partial charge in [-0.15, -0.1) is 0 Å². The average Bonchev–Trinajstić information content (AvgIpc) is 2.37. The number of hydrogen-bond acceptors (Lipinski definition) is 4. The first-order chi connectivity index (χ1) is 8.96. The van der Waals surface area contributed by atoms with Crippen molar-refractivity contribution in [2.45, 2.75) is 26.2 Å². The van der Waals surface area contributed by atoms with Gasteiger partial charge in [-0.2, -0.15) is 0 Å². The third-order valence-corrected chi connectivity index (χ3v) is 3.27. The number of hydrogen-bond donors (Lipinski definition) is 2. The van der Waals surface area contributed by atoms with Crippen LogP contribution in [0.2, 0.25) is 0 Å². The molecule has 0 radical (unpaired) electrons. The lowest BCUT2D eigenvalue weighted by atomic mass is 9.81. The van der Waals surface area contributed by atoms with Gasteiger partial charge in [0.2, 0.25) is 0 Å². The van der Waals surface area contributed by atoms with Crippen molar-refractivity contribution in [2.24, 2.45) is 0 Å². The van der Waals surface area contributed by atoms with Gasteiger partial charge < -0.3 is 20.1 Å².